The van der Waals surface area contributed by atoms with Gasteiger partial charge in [-0.05, 0) is 38.0 Å². The van der Waals surface area contributed by atoms with Crippen LogP contribution in [-0.2, 0) is 4.74 Å². The second-order valence-electron chi connectivity index (χ2n) is 4.59. The van der Waals surface area contributed by atoms with E-state index in [0.29, 0.717) is 12.2 Å². The van der Waals surface area contributed by atoms with Crippen molar-refractivity contribution >= 4 is 11.0 Å². The van der Waals surface area contributed by atoms with E-state index < -0.39 is 0 Å². The number of rotatable bonds is 6. The van der Waals surface area contributed by atoms with Gasteiger partial charge < -0.3 is 9.15 Å². The van der Waals surface area contributed by atoms with Gasteiger partial charge in [-0.1, -0.05) is 0 Å². The smallest absolute Gasteiger partial charge is 0.134 e. The average Bonchev–Trinajstić information content (AvgIpc) is 2.72. The lowest BCUT2D eigenvalue weighted by Gasteiger charge is -2.13. The highest BCUT2D eigenvalue weighted by atomic mass is 19.1. The molecule has 0 fully saturated rings. The van der Waals surface area contributed by atoms with Crippen molar-refractivity contribution in [2.75, 3.05) is 13.7 Å². The fourth-order valence-electron chi connectivity index (χ4n) is 2.27. The Kier molecular flexibility index (Phi) is 4.52. The molecule has 19 heavy (non-hydrogen) atoms. The van der Waals surface area contributed by atoms with Crippen molar-refractivity contribution in [3.63, 3.8) is 0 Å². The quantitative estimate of drug-likeness (QED) is 0.479. The molecule has 0 aliphatic rings. The predicted octanol–water partition coefficient (Wildman–Crippen LogP) is 2.81. The fraction of sp³-hybridized carbons (Fsp3) is 0.429. The van der Waals surface area contributed by atoms with Gasteiger partial charge in [0.1, 0.15) is 17.2 Å². The van der Waals surface area contributed by atoms with Crippen LogP contribution in [0.15, 0.2) is 22.6 Å². The second-order valence-corrected chi connectivity index (χ2v) is 4.59. The lowest BCUT2D eigenvalue weighted by Crippen LogP contribution is -2.28. The minimum absolute atomic E-state index is 0.0920. The van der Waals surface area contributed by atoms with Crippen molar-refractivity contribution in [3.8, 4) is 0 Å². The fourth-order valence-corrected chi connectivity index (χ4v) is 2.27. The average molecular weight is 266 g/mol. The summed E-state index contributed by atoms with van der Waals surface area (Å²) in [5, 5.41) is 0.794. The van der Waals surface area contributed by atoms with E-state index in [4.69, 9.17) is 15.0 Å². The third kappa shape index (κ3) is 2.94. The molecule has 1 atom stereocenters. The molecule has 0 amide bonds. The highest BCUT2D eigenvalue weighted by Gasteiger charge is 2.19. The van der Waals surface area contributed by atoms with Gasteiger partial charge in [-0.2, -0.15) is 0 Å². The van der Waals surface area contributed by atoms with Gasteiger partial charge in [0.2, 0.25) is 0 Å². The summed E-state index contributed by atoms with van der Waals surface area (Å²) in [7, 11) is 1.67. The Labute approximate surface area is 111 Å². The van der Waals surface area contributed by atoms with E-state index in [2.05, 4.69) is 5.43 Å². The first-order valence-electron chi connectivity index (χ1n) is 6.31. The van der Waals surface area contributed by atoms with Crippen LogP contribution in [0.4, 0.5) is 4.39 Å². The Morgan fingerprint density at radius 1 is 1.47 bits per heavy atom. The van der Waals surface area contributed by atoms with Crippen molar-refractivity contribution in [2.24, 2.45) is 5.84 Å². The molecule has 104 valence electrons. The molecule has 5 heteroatoms. The normalized spacial score (nSPS) is 13.1. The Morgan fingerprint density at radius 3 is 2.95 bits per heavy atom. The van der Waals surface area contributed by atoms with Crippen molar-refractivity contribution < 1.29 is 13.5 Å². The number of methoxy groups -OCH3 is 1. The number of hydrazine groups is 1. The molecule has 1 unspecified atom stereocenters. The predicted molar refractivity (Wildman–Crippen MR) is 72.1 cm³/mol. The molecule has 0 spiro atoms. The molecule has 2 rings (SSSR count). The lowest BCUT2D eigenvalue weighted by molar-refractivity contribution is 0.187. The maximum Gasteiger partial charge on any atom is 0.134 e. The van der Waals surface area contributed by atoms with Crippen LogP contribution in [0.25, 0.3) is 11.0 Å². The van der Waals surface area contributed by atoms with E-state index >= 15 is 0 Å². The molecule has 0 radical (unpaired) electrons. The summed E-state index contributed by atoms with van der Waals surface area (Å²) >= 11 is 0. The first-order valence-corrected chi connectivity index (χ1v) is 6.31. The largest absolute Gasteiger partial charge is 0.459 e. The Morgan fingerprint density at radius 2 is 2.26 bits per heavy atom. The number of furan rings is 1. The number of hydrogen-bond acceptors (Lipinski definition) is 4. The highest BCUT2D eigenvalue weighted by Crippen LogP contribution is 2.31. The van der Waals surface area contributed by atoms with E-state index in [0.717, 1.165) is 29.6 Å². The Hall–Kier alpha value is -1.43. The minimum Gasteiger partial charge on any atom is -0.459 e. The summed E-state index contributed by atoms with van der Waals surface area (Å²) in [4.78, 5) is 0. The van der Waals surface area contributed by atoms with Crippen LogP contribution >= 0.6 is 0 Å². The number of ether oxygens (including phenoxy) is 1. The summed E-state index contributed by atoms with van der Waals surface area (Å²) in [5.74, 6) is 6.08. The van der Waals surface area contributed by atoms with Crippen LogP contribution in [-0.4, -0.2) is 13.7 Å². The summed E-state index contributed by atoms with van der Waals surface area (Å²) in [6, 6.07) is 4.43. The summed E-state index contributed by atoms with van der Waals surface area (Å²) in [5.41, 5.74) is 4.36. The van der Waals surface area contributed by atoms with Crippen molar-refractivity contribution in [3.05, 3.63) is 35.3 Å². The third-order valence-corrected chi connectivity index (χ3v) is 3.29. The summed E-state index contributed by atoms with van der Waals surface area (Å²) in [6.45, 7) is 2.59. The van der Waals surface area contributed by atoms with E-state index in [1.165, 1.54) is 12.1 Å². The zero-order valence-electron chi connectivity index (χ0n) is 11.2. The number of hydrogen-bond donors (Lipinski definition) is 2. The number of benzene rings is 1. The van der Waals surface area contributed by atoms with E-state index in [1.807, 2.05) is 6.92 Å². The van der Waals surface area contributed by atoms with E-state index in [-0.39, 0.29) is 11.9 Å². The van der Waals surface area contributed by atoms with Gasteiger partial charge in [0.25, 0.3) is 0 Å². The van der Waals surface area contributed by atoms with Crippen molar-refractivity contribution in [1.82, 2.24) is 5.43 Å². The van der Waals surface area contributed by atoms with Crippen LogP contribution in [0, 0.1) is 12.7 Å². The number of halogens is 1. The standard InChI is InChI=1S/C14H19FN2O2/c1-9-11-8-10(15)5-6-13(11)19-14(9)12(17-16)4-3-7-18-2/h5-6,8,12,17H,3-4,7,16H2,1-2H3. The van der Waals surface area contributed by atoms with Crippen LogP contribution in [0.3, 0.4) is 0 Å². The van der Waals surface area contributed by atoms with Gasteiger partial charge in [0.15, 0.2) is 0 Å². The molecule has 1 aromatic heterocycles. The summed E-state index contributed by atoms with van der Waals surface area (Å²) < 4.78 is 24.1. The monoisotopic (exact) mass is 266 g/mol. The zero-order valence-corrected chi connectivity index (χ0v) is 11.2. The molecule has 4 nitrogen and oxygen atoms in total. The van der Waals surface area contributed by atoms with Crippen molar-refractivity contribution in [1.29, 1.82) is 0 Å². The number of nitrogens with two attached hydrogens (primary N) is 1. The van der Waals surface area contributed by atoms with E-state index in [9.17, 15) is 4.39 Å². The van der Waals surface area contributed by atoms with Gasteiger partial charge in [0, 0.05) is 24.7 Å². The summed E-state index contributed by atoms with van der Waals surface area (Å²) in [6.07, 6.45) is 1.67. The molecule has 2 aromatic rings. The third-order valence-electron chi connectivity index (χ3n) is 3.29. The number of fused-ring (bicyclic) bond motifs is 1. The SMILES string of the molecule is COCCCC(NN)c1oc2ccc(F)cc2c1C. The topological polar surface area (TPSA) is 60.4 Å². The lowest BCUT2D eigenvalue weighted by atomic mass is 10.0. The van der Waals surface area contributed by atoms with Gasteiger partial charge in [-0.25, -0.2) is 9.82 Å². The number of nitrogens with one attached hydrogen (secondary N) is 1. The molecule has 0 aliphatic carbocycles. The van der Waals surface area contributed by atoms with Crippen LogP contribution in [0.5, 0.6) is 0 Å². The molecule has 3 N–H and O–H groups in total. The molecule has 0 bridgehead atoms. The van der Waals surface area contributed by atoms with E-state index in [1.54, 1.807) is 13.2 Å². The second kappa shape index (κ2) is 6.14. The molecule has 1 aromatic carbocycles. The number of aryl methyl sites for hydroxylation is 1. The van der Waals surface area contributed by atoms with Crippen molar-refractivity contribution in [2.45, 2.75) is 25.8 Å². The highest BCUT2D eigenvalue weighted by molar-refractivity contribution is 5.82. The van der Waals surface area contributed by atoms with Gasteiger partial charge in [0.05, 0.1) is 6.04 Å². The van der Waals surface area contributed by atoms with Crippen LogP contribution in [0.2, 0.25) is 0 Å². The molecule has 0 saturated heterocycles. The molecule has 0 aliphatic heterocycles. The maximum absolute atomic E-state index is 13.3. The first kappa shape index (κ1) is 14.0. The van der Waals surface area contributed by atoms with Gasteiger partial charge in [-0.3, -0.25) is 5.84 Å². The van der Waals surface area contributed by atoms with Gasteiger partial charge in [-0.15, -0.1) is 0 Å². The first-order chi connectivity index (χ1) is 9.17. The molecular weight excluding hydrogens is 247 g/mol. The van der Waals surface area contributed by atoms with Crippen LogP contribution < -0.4 is 11.3 Å². The van der Waals surface area contributed by atoms with Gasteiger partial charge >= 0.3 is 0 Å². The maximum atomic E-state index is 13.3. The van der Waals surface area contributed by atoms with Crippen LogP contribution in [0.1, 0.15) is 30.2 Å². The zero-order chi connectivity index (χ0) is 13.8. The Balaban J connectivity index is 2.29. The molecule has 0 saturated carbocycles. The minimum atomic E-state index is -0.264. The molecular formula is C14H19FN2O2. The Bertz CT molecular complexity index is 554. The molecule has 1 heterocycles.